The van der Waals surface area contributed by atoms with Gasteiger partial charge in [-0.2, -0.15) is 0 Å². The summed E-state index contributed by atoms with van der Waals surface area (Å²) in [6.07, 6.45) is 0. The number of anilines is 3. The number of nitrogens with one attached hydrogen (secondary N) is 1. The molecular weight excluding hydrogens is 251 g/mol. The van der Waals surface area contributed by atoms with Gasteiger partial charge in [-0.15, -0.1) is 0 Å². The quantitative estimate of drug-likeness (QED) is 0.655. The molecular formula is C12H11FN4O2. The number of nitrogens with two attached hydrogens (primary N) is 1. The van der Waals surface area contributed by atoms with Crippen molar-refractivity contribution >= 4 is 23.0 Å². The first-order valence-electron chi connectivity index (χ1n) is 5.42. The number of nitrogens with zero attached hydrogens (tertiary/aromatic N) is 2. The van der Waals surface area contributed by atoms with E-state index in [0.717, 1.165) is 0 Å². The first kappa shape index (κ1) is 12.7. The van der Waals surface area contributed by atoms with Crippen molar-refractivity contribution in [1.82, 2.24) is 4.98 Å². The number of pyridine rings is 1. The third-order valence-corrected chi connectivity index (χ3v) is 2.63. The van der Waals surface area contributed by atoms with E-state index in [2.05, 4.69) is 10.3 Å². The minimum Gasteiger partial charge on any atom is -0.378 e. The fourth-order valence-corrected chi connectivity index (χ4v) is 1.57. The third-order valence-electron chi connectivity index (χ3n) is 2.63. The number of aromatic nitrogens is 1. The normalized spacial score (nSPS) is 10.2. The SMILES string of the molecule is Cc1c(F)cccc1Nc1ccc([N+](=O)[O-])c(N)n1. The van der Waals surface area contributed by atoms with Crippen molar-refractivity contribution < 1.29 is 9.31 Å². The molecule has 3 N–H and O–H groups in total. The van der Waals surface area contributed by atoms with Crippen molar-refractivity contribution in [2.24, 2.45) is 0 Å². The van der Waals surface area contributed by atoms with Crippen LogP contribution in [0.1, 0.15) is 5.56 Å². The molecule has 0 spiro atoms. The van der Waals surface area contributed by atoms with Crippen molar-refractivity contribution in [2.45, 2.75) is 6.92 Å². The highest BCUT2D eigenvalue weighted by Gasteiger charge is 2.13. The Labute approximate surface area is 108 Å². The Bertz CT molecular complexity index is 646. The first-order chi connectivity index (χ1) is 8.99. The van der Waals surface area contributed by atoms with E-state index in [0.29, 0.717) is 17.1 Å². The molecule has 2 aromatic rings. The summed E-state index contributed by atoms with van der Waals surface area (Å²) >= 11 is 0. The van der Waals surface area contributed by atoms with Crippen molar-refractivity contribution in [1.29, 1.82) is 0 Å². The average molecular weight is 262 g/mol. The number of benzene rings is 1. The Morgan fingerprint density at radius 1 is 1.37 bits per heavy atom. The van der Waals surface area contributed by atoms with Gasteiger partial charge in [-0.25, -0.2) is 9.37 Å². The second-order valence-electron chi connectivity index (χ2n) is 3.90. The van der Waals surface area contributed by atoms with Crippen LogP contribution in [-0.4, -0.2) is 9.91 Å². The molecule has 0 saturated heterocycles. The van der Waals surface area contributed by atoms with E-state index < -0.39 is 4.92 Å². The lowest BCUT2D eigenvalue weighted by molar-refractivity contribution is -0.384. The summed E-state index contributed by atoms with van der Waals surface area (Å²) in [6, 6.07) is 7.24. The molecule has 0 bridgehead atoms. The average Bonchev–Trinajstić information content (AvgIpc) is 2.34. The van der Waals surface area contributed by atoms with Crippen LogP contribution in [0.15, 0.2) is 30.3 Å². The Kier molecular flexibility index (Phi) is 3.28. The van der Waals surface area contributed by atoms with Crippen molar-refractivity contribution in [3.05, 3.63) is 51.8 Å². The van der Waals surface area contributed by atoms with E-state index in [9.17, 15) is 14.5 Å². The van der Waals surface area contributed by atoms with Crippen LogP contribution in [0, 0.1) is 22.9 Å². The highest BCUT2D eigenvalue weighted by Crippen LogP contribution is 2.25. The molecule has 0 radical (unpaired) electrons. The van der Waals surface area contributed by atoms with E-state index in [4.69, 9.17) is 5.73 Å². The second-order valence-corrected chi connectivity index (χ2v) is 3.90. The van der Waals surface area contributed by atoms with Crippen LogP contribution in [0.4, 0.5) is 27.4 Å². The maximum Gasteiger partial charge on any atom is 0.311 e. The fourth-order valence-electron chi connectivity index (χ4n) is 1.57. The molecule has 98 valence electrons. The summed E-state index contributed by atoms with van der Waals surface area (Å²) < 4.78 is 13.4. The molecule has 2 rings (SSSR count). The van der Waals surface area contributed by atoms with Crippen LogP contribution in [0.2, 0.25) is 0 Å². The maximum atomic E-state index is 13.4. The van der Waals surface area contributed by atoms with E-state index in [-0.39, 0.29) is 17.3 Å². The number of halogens is 1. The Balaban J connectivity index is 2.32. The van der Waals surface area contributed by atoms with Gasteiger partial charge in [0.2, 0.25) is 5.82 Å². The Hall–Kier alpha value is -2.70. The zero-order valence-corrected chi connectivity index (χ0v) is 10.1. The third kappa shape index (κ3) is 2.59. The van der Waals surface area contributed by atoms with Crippen molar-refractivity contribution in [3.63, 3.8) is 0 Å². The molecule has 7 heteroatoms. The van der Waals surface area contributed by atoms with Gasteiger partial charge in [0, 0.05) is 17.3 Å². The van der Waals surface area contributed by atoms with Gasteiger partial charge in [-0.3, -0.25) is 10.1 Å². The highest BCUT2D eigenvalue weighted by atomic mass is 19.1. The lowest BCUT2D eigenvalue weighted by atomic mass is 10.2. The summed E-state index contributed by atoms with van der Waals surface area (Å²) in [5.41, 5.74) is 6.17. The number of hydrogen-bond acceptors (Lipinski definition) is 5. The summed E-state index contributed by atoms with van der Waals surface area (Å²) in [5, 5.41) is 13.5. The van der Waals surface area contributed by atoms with Gasteiger partial charge >= 0.3 is 5.69 Å². The minimum absolute atomic E-state index is 0.191. The van der Waals surface area contributed by atoms with Gasteiger partial charge in [0.1, 0.15) is 11.6 Å². The number of nitro groups is 1. The molecule has 0 amide bonds. The molecule has 0 aliphatic rings. The van der Waals surface area contributed by atoms with E-state index in [1.807, 2.05) is 0 Å². The van der Waals surface area contributed by atoms with Crippen LogP contribution < -0.4 is 11.1 Å². The molecule has 1 aromatic carbocycles. The number of rotatable bonds is 3. The topological polar surface area (TPSA) is 94.1 Å². The summed E-state index contributed by atoms with van der Waals surface area (Å²) in [7, 11) is 0. The van der Waals surface area contributed by atoms with Crippen LogP contribution in [0.3, 0.4) is 0 Å². The first-order valence-corrected chi connectivity index (χ1v) is 5.42. The van der Waals surface area contributed by atoms with E-state index in [1.165, 1.54) is 18.2 Å². The lowest BCUT2D eigenvalue weighted by Gasteiger charge is -2.09. The van der Waals surface area contributed by atoms with Gasteiger partial charge in [0.05, 0.1) is 4.92 Å². The molecule has 0 aliphatic carbocycles. The van der Waals surface area contributed by atoms with E-state index >= 15 is 0 Å². The predicted octanol–water partition coefficient (Wildman–Crippen LogP) is 2.76. The molecule has 19 heavy (non-hydrogen) atoms. The molecule has 1 aromatic heterocycles. The van der Waals surface area contributed by atoms with Crippen molar-refractivity contribution in [2.75, 3.05) is 11.1 Å². The zero-order valence-electron chi connectivity index (χ0n) is 10.1. The van der Waals surface area contributed by atoms with Crippen LogP contribution in [-0.2, 0) is 0 Å². The molecule has 0 fully saturated rings. The number of hydrogen-bond donors (Lipinski definition) is 2. The molecule has 0 saturated carbocycles. The van der Waals surface area contributed by atoms with Crippen LogP contribution >= 0.6 is 0 Å². The molecule has 0 atom stereocenters. The van der Waals surface area contributed by atoms with Crippen LogP contribution in [0.25, 0.3) is 0 Å². The monoisotopic (exact) mass is 262 g/mol. The van der Waals surface area contributed by atoms with E-state index in [1.54, 1.807) is 19.1 Å². The highest BCUT2D eigenvalue weighted by molar-refractivity contribution is 5.64. The maximum absolute atomic E-state index is 13.4. The smallest absolute Gasteiger partial charge is 0.311 e. The minimum atomic E-state index is -0.612. The van der Waals surface area contributed by atoms with Gasteiger partial charge in [-0.1, -0.05) is 6.07 Å². The Morgan fingerprint density at radius 2 is 2.11 bits per heavy atom. The van der Waals surface area contributed by atoms with Crippen molar-refractivity contribution in [3.8, 4) is 0 Å². The zero-order chi connectivity index (χ0) is 14.0. The summed E-state index contributed by atoms with van der Waals surface area (Å²) in [6.45, 7) is 1.62. The molecule has 0 unspecified atom stereocenters. The van der Waals surface area contributed by atoms with Gasteiger partial charge in [0.15, 0.2) is 0 Å². The fraction of sp³-hybridized carbons (Fsp3) is 0.0833. The lowest BCUT2D eigenvalue weighted by Crippen LogP contribution is -2.02. The summed E-state index contributed by atoms with van der Waals surface area (Å²) in [4.78, 5) is 13.9. The van der Waals surface area contributed by atoms with Gasteiger partial charge in [-0.05, 0) is 25.1 Å². The molecule has 0 aliphatic heterocycles. The largest absolute Gasteiger partial charge is 0.378 e. The molecule has 1 heterocycles. The number of nitrogen functional groups attached to an aromatic ring is 1. The second kappa shape index (κ2) is 4.89. The standard InChI is InChI=1S/C12H11FN4O2/c1-7-8(13)3-2-4-9(7)15-11-6-5-10(17(18)19)12(14)16-11/h2-6H,1H3,(H3,14,15,16). The van der Waals surface area contributed by atoms with Crippen LogP contribution in [0.5, 0.6) is 0 Å². The Morgan fingerprint density at radius 3 is 2.74 bits per heavy atom. The van der Waals surface area contributed by atoms with Gasteiger partial charge in [0.25, 0.3) is 0 Å². The van der Waals surface area contributed by atoms with Gasteiger partial charge < -0.3 is 11.1 Å². The predicted molar refractivity (Wildman–Crippen MR) is 69.7 cm³/mol. The summed E-state index contributed by atoms with van der Waals surface area (Å²) in [5.74, 6) is -0.222. The molecule has 6 nitrogen and oxygen atoms in total.